The van der Waals surface area contributed by atoms with Crippen molar-refractivity contribution in [3.63, 3.8) is 0 Å². The Bertz CT molecular complexity index is 511. The molecule has 1 aliphatic heterocycles. The first-order valence-electron chi connectivity index (χ1n) is 6.18. The highest BCUT2D eigenvalue weighted by Crippen LogP contribution is 2.10. The van der Waals surface area contributed by atoms with Crippen molar-refractivity contribution in [2.75, 3.05) is 26.2 Å². The molecule has 2 aromatic rings. The summed E-state index contributed by atoms with van der Waals surface area (Å²) in [6.45, 7) is 7.55. The van der Waals surface area contributed by atoms with E-state index in [0.29, 0.717) is 0 Å². The van der Waals surface area contributed by atoms with E-state index in [1.165, 1.54) is 5.56 Å². The molecule has 0 aliphatic carbocycles. The van der Waals surface area contributed by atoms with Crippen LogP contribution in [0.1, 0.15) is 11.3 Å². The molecule has 0 aromatic carbocycles. The molecule has 1 N–H and O–H groups in total. The number of pyridine rings is 1. The van der Waals surface area contributed by atoms with Crippen LogP contribution in [0.5, 0.6) is 0 Å². The van der Waals surface area contributed by atoms with Gasteiger partial charge in [0.15, 0.2) is 0 Å². The number of nitrogens with zero attached hydrogens (tertiary/aromatic N) is 3. The van der Waals surface area contributed by atoms with E-state index < -0.39 is 0 Å². The molecule has 90 valence electrons. The van der Waals surface area contributed by atoms with Crippen LogP contribution in [0.15, 0.2) is 24.5 Å². The number of fused-ring (bicyclic) bond motifs is 1. The van der Waals surface area contributed by atoms with Crippen LogP contribution in [0.3, 0.4) is 0 Å². The topological polar surface area (TPSA) is 32.6 Å². The van der Waals surface area contributed by atoms with Crippen molar-refractivity contribution >= 4 is 5.65 Å². The Balaban J connectivity index is 1.79. The van der Waals surface area contributed by atoms with E-state index >= 15 is 0 Å². The molecule has 0 unspecified atom stereocenters. The predicted molar refractivity (Wildman–Crippen MR) is 68.1 cm³/mol. The minimum absolute atomic E-state index is 1.03. The molecule has 0 amide bonds. The molecule has 3 heterocycles. The molecular weight excluding hydrogens is 212 g/mol. The normalized spacial score (nSPS) is 17.7. The Labute approximate surface area is 101 Å². The first-order chi connectivity index (χ1) is 8.31. The monoisotopic (exact) mass is 230 g/mol. The smallest absolute Gasteiger partial charge is 0.136 e. The number of nitrogens with one attached hydrogen (secondary N) is 1. The summed E-state index contributed by atoms with van der Waals surface area (Å²) in [5.41, 5.74) is 3.47. The number of rotatable bonds is 2. The third-order valence-electron chi connectivity index (χ3n) is 3.25. The third kappa shape index (κ3) is 2.33. The summed E-state index contributed by atoms with van der Waals surface area (Å²) in [5.74, 6) is 0. The Morgan fingerprint density at radius 2 is 2.06 bits per heavy atom. The summed E-state index contributed by atoms with van der Waals surface area (Å²) < 4.78 is 2.12. The van der Waals surface area contributed by atoms with Gasteiger partial charge < -0.3 is 9.72 Å². The minimum Gasteiger partial charge on any atom is -0.314 e. The van der Waals surface area contributed by atoms with Crippen LogP contribution in [-0.4, -0.2) is 40.5 Å². The van der Waals surface area contributed by atoms with E-state index in [0.717, 1.165) is 44.1 Å². The highest BCUT2D eigenvalue weighted by molar-refractivity contribution is 5.41. The van der Waals surface area contributed by atoms with Crippen molar-refractivity contribution in [2.24, 2.45) is 0 Å². The van der Waals surface area contributed by atoms with Gasteiger partial charge in [-0.3, -0.25) is 4.90 Å². The lowest BCUT2D eigenvalue weighted by molar-refractivity contribution is 0.233. The second kappa shape index (κ2) is 4.47. The standard InChI is InChI=1S/C13H18N4/c1-11-8-17-10-12(2-3-13(17)15-11)9-16-6-4-14-5-7-16/h2-3,8,10,14H,4-7,9H2,1H3. The average molecular weight is 230 g/mol. The maximum Gasteiger partial charge on any atom is 0.136 e. The maximum atomic E-state index is 4.44. The lowest BCUT2D eigenvalue weighted by atomic mass is 10.2. The molecule has 4 nitrogen and oxygen atoms in total. The zero-order valence-electron chi connectivity index (χ0n) is 10.2. The van der Waals surface area contributed by atoms with Crippen molar-refractivity contribution in [3.8, 4) is 0 Å². The fourth-order valence-corrected chi connectivity index (χ4v) is 2.39. The summed E-state index contributed by atoms with van der Waals surface area (Å²) in [7, 11) is 0. The molecule has 17 heavy (non-hydrogen) atoms. The number of piperazine rings is 1. The molecule has 3 rings (SSSR count). The Hall–Kier alpha value is -1.39. The molecule has 0 spiro atoms. The number of hydrogen-bond donors (Lipinski definition) is 1. The van der Waals surface area contributed by atoms with Crippen LogP contribution in [0.4, 0.5) is 0 Å². The molecule has 0 radical (unpaired) electrons. The Morgan fingerprint density at radius 1 is 1.24 bits per heavy atom. The van der Waals surface area contributed by atoms with Crippen LogP contribution in [0.25, 0.3) is 5.65 Å². The molecule has 0 saturated carbocycles. The van der Waals surface area contributed by atoms with E-state index in [9.17, 15) is 0 Å². The van der Waals surface area contributed by atoms with Gasteiger partial charge in [0, 0.05) is 45.1 Å². The second-order valence-corrected chi connectivity index (χ2v) is 4.71. The number of aromatic nitrogens is 2. The lowest BCUT2D eigenvalue weighted by Crippen LogP contribution is -2.42. The molecule has 1 saturated heterocycles. The van der Waals surface area contributed by atoms with Crippen molar-refractivity contribution in [1.82, 2.24) is 19.6 Å². The SMILES string of the molecule is Cc1cn2cc(CN3CCNCC3)ccc2n1. The largest absolute Gasteiger partial charge is 0.314 e. The Kier molecular flexibility index (Phi) is 2.82. The van der Waals surface area contributed by atoms with Crippen molar-refractivity contribution < 1.29 is 0 Å². The van der Waals surface area contributed by atoms with Crippen LogP contribution >= 0.6 is 0 Å². The number of aryl methyl sites for hydroxylation is 1. The molecule has 2 aromatic heterocycles. The molecule has 0 atom stereocenters. The molecule has 1 aliphatic rings. The minimum atomic E-state index is 1.03. The highest BCUT2D eigenvalue weighted by Gasteiger charge is 2.10. The summed E-state index contributed by atoms with van der Waals surface area (Å²) in [4.78, 5) is 6.93. The molecule has 0 bridgehead atoms. The van der Waals surface area contributed by atoms with E-state index in [4.69, 9.17) is 0 Å². The van der Waals surface area contributed by atoms with Gasteiger partial charge in [0.2, 0.25) is 0 Å². The van der Waals surface area contributed by atoms with Crippen LogP contribution < -0.4 is 5.32 Å². The number of hydrogen-bond acceptors (Lipinski definition) is 3. The second-order valence-electron chi connectivity index (χ2n) is 4.71. The number of imidazole rings is 1. The maximum absolute atomic E-state index is 4.44. The van der Waals surface area contributed by atoms with Crippen molar-refractivity contribution in [2.45, 2.75) is 13.5 Å². The van der Waals surface area contributed by atoms with Gasteiger partial charge in [-0.25, -0.2) is 4.98 Å². The van der Waals surface area contributed by atoms with E-state index in [1.807, 2.05) is 6.92 Å². The summed E-state index contributed by atoms with van der Waals surface area (Å²) in [6.07, 6.45) is 4.27. The van der Waals surface area contributed by atoms with Crippen LogP contribution in [0.2, 0.25) is 0 Å². The van der Waals surface area contributed by atoms with Crippen molar-refractivity contribution in [3.05, 3.63) is 35.8 Å². The predicted octanol–water partition coefficient (Wildman–Crippen LogP) is 1.05. The first-order valence-corrected chi connectivity index (χ1v) is 6.18. The van der Waals surface area contributed by atoms with Gasteiger partial charge in [0.05, 0.1) is 5.69 Å². The quantitative estimate of drug-likeness (QED) is 0.837. The van der Waals surface area contributed by atoms with Gasteiger partial charge in [0.1, 0.15) is 5.65 Å². The van der Waals surface area contributed by atoms with Gasteiger partial charge in [-0.05, 0) is 18.6 Å². The third-order valence-corrected chi connectivity index (χ3v) is 3.25. The molecular formula is C13H18N4. The molecule has 4 heteroatoms. The van der Waals surface area contributed by atoms with Gasteiger partial charge in [-0.15, -0.1) is 0 Å². The summed E-state index contributed by atoms with van der Waals surface area (Å²) in [5, 5.41) is 3.38. The van der Waals surface area contributed by atoms with Gasteiger partial charge in [0.25, 0.3) is 0 Å². The van der Waals surface area contributed by atoms with Gasteiger partial charge >= 0.3 is 0 Å². The van der Waals surface area contributed by atoms with E-state index in [2.05, 4.69) is 44.1 Å². The van der Waals surface area contributed by atoms with E-state index in [-0.39, 0.29) is 0 Å². The van der Waals surface area contributed by atoms with Crippen LogP contribution in [-0.2, 0) is 6.54 Å². The highest BCUT2D eigenvalue weighted by atomic mass is 15.2. The zero-order valence-corrected chi connectivity index (χ0v) is 10.2. The summed E-state index contributed by atoms with van der Waals surface area (Å²) in [6, 6.07) is 4.29. The average Bonchev–Trinajstić information content (AvgIpc) is 2.70. The first kappa shape index (κ1) is 10.7. The zero-order chi connectivity index (χ0) is 11.7. The van der Waals surface area contributed by atoms with Crippen LogP contribution in [0, 0.1) is 6.92 Å². The Morgan fingerprint density at radius 3 is 2.88 bits per heavy atom. The summed E-state index contributed by atoms with van der Waals surface area (Å²) >= 11 is 0. The molecule has 1 fully saturated rings. The van der Waals surface area contributed by atoms with Gasteiger partial charge in [-0.1, -0.05) is 6.07 Å². The van der Waals surface area contributed by atoms with Gasteiger partial charge in [-0.2, -0.15) is 0 Å². The lowest BCUT2D eigenvalue weighted by Gasteiger charge is -2.27. The van der Waals surface area contributed by atoms with E-state index in [1.54, 1.807) is 0 Å². The van der Waals surface area contributed by atoms with Crippen molar-refractivity contribution in [1.29, 1.82) is 0 Å². The fourth-order valence-electron chi connectivity index (χ4n) is 2.39. The fraction of sp³-hybridized carbons (Fsp3) is 0.462.